The Kier molecular flexibility index (Phi) is 5.66. The first-order valence-corrected chi connectivity index (χ1v) is 7.26. The maximum absolute atomic E-state index is 12.1. The average molecular weight is 324 g/mol. The lowest BCUT2D eigenvalue weighted by Gasteiger charge is -2.14. The Hall–Kier alpha value is -3.17. The second-order valence-electron chi connectivity index (χ2n) is 5.05. The minimum Gasteiger partial charge on any atom is -0.449 e. The number of esters is 1. The SMILES string of the molecule is C[C@H](OC(=O)c1ccc(CO)cc1)C(=O)Nc1ccccc1C#N. The van der Waals surface area contributed by atoms with E-state index in [9.17, 15) is 9.59 Å². The molecule has 2 aromatic carbocycles. The summed E-state index contributed by atoms with van der Waals surface area (Å²) in [5.41, 5.74) is 1.64. The van der Waals surface area contributed by atoms with Gasteiger partial charge in [0.2, 0.25) is 0 Å². The highest BCUT2D eigenvalue weighted by Gasteiger charge is 2.19. The van der Waals surface area contributed by atoms with E-state index in [-0.39, 0.29) is 12.2 Å². The zero-order valence-corrected chi connectivity index (χ0v) is 13.0. The van der Waals surface area contributed by atoms with Gasteiger partial charge >= 0.3 is 5.97 Å². The van der Waals surface area contributed by atoms with Gasteiger partial charge in [-0.2, -0.15) is 5.26 Å². The van der Waals surface area contributed by atoms with Gasteiger partial charge in [-0.1, -0.05) is 24.3 Å². The normalized spacial score (nSPS) is 11.2. The molecule has 122 valence electrons. The van der Waals surface area contributed by atoms with Crippen molar-refractivity contribution in [2.75, 3.05) is 5.32 Å². The summed E-state index contributed by atoms with van der Waals surface area (Å²) in [6.07, 6.45) is -1.03. The largest absolute Gasteiger partial charge is 0.449 e. The first-order chi connectivity index (χ1) is 11.5. The molecule has 1 amide bonds. The van der Waals surface area contributed by atoms with Gasteiger partial charge in [-0.25, -0.2) is 4.79 Å². The van der Waals surface area contributed by atoms with Crippen molar-refractivity contribution in [1.29, 1.82) is 5.26 Å². The second-order valence-corrected chi connectivity index (χ2v) is 5.05. The fourth-order valence-electron chi connectivity index (χ4n) is 1.95. The Morgan fingerprint density at radius 3 is 2.50 bits per heavy atom. The van der Waals surface area contributed by atoms with Crippen LogP contribution in [0.1, 0.15) is 28.4 Å². The fraction of sp³-hybridized carbons (Fsp3) is 0.167. The van der Waals surface area contributed by atoms with Crippen LogP contribution in [0, 0.1) is 11.3 Å². The van der Waals surface area contributed by atoms with Gasteiger partial charge in [0.1, 0.15) is 6.07 Å². The molecule has 0 fully saturated rings. The molecule has 6 nitrogen and oxygen atoms in total. The molecule has 1 atom stereocenters. The summed E-state index contributed by atoms with van der Waals surface area (Å²) in [6, 6.07) is 14.8. The van der Waals surface area contributed by atoms with Crippen molar-refractivity contribution < 1.29 is 19.4 Å². The Morgan fingerprint density at radius 1 is 1.21 bits per heavy atom. The molecule has 0 aliphatic carbocycles. The number of nitrogens with one attached hydrogen (secondary N) is 1. The van der Waals surface area contributed by atoms with Crippen LogP contribution in [0.5, 0.6) is 0 Å². The monoisotopic (exact) mass is 324 g/mol. The van der Waals surface area contributed by atoms with E-state index in [1.54, 1.807) is 36.4 Å². The number of para-hydroxylation sites is 1. The van der Waals surface area contributed by atoms with Crippen molar-refractivity contribution in [2.45, 2.75) is 19.6 Å². The first-order valence-electron chi connectivity index (χ1n) is 7.26. The number of nitriles is 1. The highest BCUT2D eigenvalue weighted by Crippen LogP contribution is 2.14. The number of rotatable bonds is 5. The van der Waals surface area contributed by atoms with E-state index in [0.717, 1.165) is 0 Å². The molecule has 2 N–H and O–H groups in total. The van der Waals surface area contributed by atoms with Crippen LogP contribution in [0.3, 0.4) is 0 Å². The standard InChI is InChI=1S/C18H16N2O4/c1-12(17(22)20-16-5-3-2-4-15(16)10-19)24-18(23)14-8-6-13(11-21)7-9-14/h2-9,12,21H,11H2,1H3,(H,20,22)/t12-/m0/s1. The van der Waals surface area contributed by atoms with Crippen molar-refractivity contribution in [1.82, 2.24) is 0 Å². The molecule has 0 aromatic heterocycles. The number of aliphatic hydroxyl groups excluding tert-OH is 1. The van der Waals surface area contributed by atoms with Crippen LogP contribution in [0.15, 0.2) is 48.5 Å². The van der Waals surface area contributed by atoms with E-state index >= 15 is 0 Å². The predicted molar refractivity (Wildman–Crippen MR) is 87.0 cm³/mol. The molecule has 0 saturated heterocycles. The predicted octanol–water partition coefficient (Wildman–Crippen LogP) is 2.23. The summed E-state index contributed by atoms with van der Waals surface area (Å²) in [5, 5.41) is 20.5. The van der Waals surface area contributed by atoms with E-state index in [1.165, 1.54) is 19.1 Å². The zero-order valence-electron chi connectivity index (χ0n) is 13.0. The van der Waals surface area contributed by atoms with Gasteiger partial charge in [0, 0.05) is 0 Å². The molecule has 2 aromatic rings. The molecule has 0 aliphatic rings. The molecular formula is C18H16N2O4. The Morgan fingerprint density at radius 2 is 1.88 bits per heavy atom. The summed E-state index contributed by atoms with van der Waals surface area (Å²) in [4.78, 5) is 24.1. The third kappa shape index (κ3) is 4.18. The van der Waals surface area contributed by atoms with E-state index in [2.05, 4.69) is 5.32 Å². The van der Waals surface area contributed by atoms with Gasteiger partial charge in [0.15, 0.2) is 6.10 Å². The van der Waals surface area contributed by atoms with Crippen LogP contribution in [-0.2, 0) is 16.1 Å². The van der Waals surface area contributed by atoms with Crippen molar-refractivity contribution in [3.63, 3.8) is 0 Å². The summed E-state index contributed by atoms with van der Waals surface area (Å²) >= 11 is 0. The van der Waals surface area contributed by atoms with Gasteiger partial charge in [0.25, 0.3) is 5.91 Å². The van der Waals surface area contributed by atoms with Crippen LogP contribution in [0.25, 0.3) is 0 Å². The molecule has 0 spiro atoms. The third-order valence-corrected chi connectivity index (χ3v) is 3.33. The highest BCUT2D eigenvalue weighted by molar-refractivity contribution is 5.98. The van der Waals surface area contributed by atoms with E-state index in [1.807, 2.05) is 6.07 Å². The van der Waals surface area contributed by atoms with Gasteiger partial charge < -0.3 is 15.2 Å². The number of ether oxygens (including phenoxy) is 1. The van der Waals surface area contributed by atoms with Crippen LogP contribution in [0.4, 0.5) is 5.69 Å². The lowest BCUT2D eigenvalue weighted by Crippen LogP contribution is -2.30. The highest BCUT2D eigenvalue weighted by atomic mass is 16.5. The molecule has 0 aliphatic heterocycles. The molecule has 2 rings (SSSR count). The van der Waals surface area contributed by atoms with E-state index in [0.29, 0.717) is 16.8 Å². The molecule has 0 unspecified atom stereocenters. The number of carbonyl (C=O) groups is 2. The molecule has 0 saturated carbocycles. The minimum atomic E-state index is -1.03. The first kappa shape index (κ1) is 17.2. The minimum absolute atomic E-state index is 0.119. The van der Waals surface area contributed by atoms with Crippen LogP contribution in [-0.4, -0.2) is 23.1 Å². The van der Waals surface area contributed by atoms with Crippen molar-refractivity contribution in [3.8, 4) is 6.07 Å². The topological polar surface area (TPSA) is 99.4 Å². The zero-order chi connectivity index (χ0) is 17.5. The van der Waals surface area contributed by atoms with Crippen LogP contribution < -0.4 is 5.32 Å². The summed E-state index contributed by atoms with van der Waals surface area (Å²) in [5.74, 6) is -1.17. The van der Waals surface area contributed by atoms with Gasteiger partial charge in [-0.3, -0.25) is 4.79 Å². The van der Waals surface area contributed by atoms with E-state index in [4.69, 9.17) is 15.1 Å². The number of carbonyl (C=O) groups excluding carboxylic acids is 2. The number of anilines is 1. The number of hydrogen-bond donors (Lipinski definition) is 2. The van der Waals surface area contributed by atoms with Crippen molar-refractivity contribution in [3.05, 3.63) is 65.2 Å². The number of amides is 1. The Balaban J connectivity index is 2.00. The van der Waals surface area contributed by atoms with Crippen molar-refractivity contribution >= 4 is 17.6 Å². The molecular weight excluding hydrogens is 308 g/mol. The van der Waals surface area contributed by atoms with Gasteiger partial charge in [0.05, 0.1) is 23.4 Å². The molecule has 0 heterocycles. The molecule has 6 heteroatoms. The number of hydrogen-bond acceptors (Lipinski definition) is 5. The average Bonchev–Trinajstić information content (AvgIpc) is 2.62. The quantitative estimate of drug-likeness (QED) is 0.822. The van der Waals surface area contributed by atoms with E-state index < -0.39 is 18.0 Å². The number of nitrogens with zero attached hydrogens (tertiary/aromatic N) is 1. The maximum Gasteiger partial charge on any atom is 0.338 e. The lowest BCUT2D eigenvalue weighted by atomic mass is 10.1. The fourth-order valence-corrected chi connectivity index (χ4v) is 1.95. The number of benzene rings is 2. The number of aliphatic hydroxyl groups is 1. The summed E-state index contributed by atoms with van der Waals surface area (Å²) in [7, 11) is 0. The summed E-state index contributed by atoms with van der Waals surface area (Å²) in [6.45, 7) is 1.33. The van der Waals surface area contributed by atoms with Crippen LogP contribution >= 0.6 is 0 Å². The van der Waals surface area contributed by atoms with Crippen molar-refractivity contribution in [2.24, 2.45) is 0 Å². The molecule has 0 bridgehead atoms. The molecule has 0 radical (unpaired) electrons. The maximum atomic E-state index is 12.1. The van der Waals surface area contributed by atoms with Crippen LogP contribution in [0.2, 0.25) is 0 Å². The summed E-state index contributed by atoms with van der Waals surface area (Å²) < 4.78 is 5.12. The smallest absolute Gasteiger partial charge is 0.338 e. The Labute approximate surface area is 139 Å². The lowest BCUT2D eigenvalue weighted by molar-refractivity contribution is -0.123. The second kappa shape index (κ2) is 7.90. The molecule has 24 heavy (non-hydrogen) atoms. The van der Waals surface area contributed by atoms with Gasteiger partial charge in [-0.05, 0) is 36.8 Å². The third-order valence-electron chi connectivity index (χ3n) is 3.33. The Bertz CT molecular complexity index is 778. The van der Waals surface area contributed by atoms with Gasteiger partial charge in [-0.15, -0.1) is 0 Å².